The van der Waals surface area contributed by atoms with E-state index in [-0.39, 0.29) is 24.0 Å². The second kappa shape index (κ2) is 12.1. The first-order chi connectivity index (χ1) is 19.7. The Hall–Kier alpha value is -4.27. The van der Waals surface area contributed by atoms with Gasteiger partial charge in [-0.3, -0.25) is 9.78 Å². The fraction of sp³-hybridized carbons (Fsp3) is 0.344. The average molecular weight is 563 g/mol. The number of rotatable bonds is 8. The number of alkyl halides is 2. The maximum absolute atomic E-state index is 13.6. The van der Waals surface area contributed by atoms with Crippen molar-refractivity contribution in [3.8, 4) is 11.1 Å². The van der Waals surface area contributed by atoms with Crippen molar-refractivity contribution in [2.45, 2.75) is 51.6 Å². The summed E-state index contributed by atoms with van der Waals surface area (Å²) in [4.78, 5) is 41.3. The molecule has 9 heteroatoms. The predicted molar refractivity (Wildman–Crippen MR) is 151 cm³/mol. The van der Waals surface area contributed by atoms with Gasteiger partial charge in [-0.1, -0.05) is 48.5 Å². The highest BCUT2D eigenvalue weighted by Gasteiger charge is 2.25. The zero-order valence-corrected chi connectivity index (χ0v) is 22.8. The van der Waals surface area contributed by atoms with Crippen LogP contribution in [-0.4, -0.2) is 34.8 Å². The van der Waals surface area contributed by atoms with Crippen molar-refractivity contribution in [2.24, 2.45) is 5.92 Å². The Morgan fingerprint density at radius 3 is 2.61 bits per heavy atom. The molecule has 1 fully saturated rings. The van der Waals surface area contributed by atoms with Gasteiger partial charge in [0.1, 0.15) is 6.61 Å². The van der Waals surface area contributed by atoms with Crippen LogP contribution < -0.4 is 5.76 Å². The van der Waals surface area contributed by atoms with E-state index in [2.05, 4.69) is 4.98 Å². The minimum Gasteiger partial charge on any atom is -0.445 e. The molecule has 214 valence electrons. The monoisotopic (exact) mass is 562 g/mol. The van der Waals surface area contributed by atoms with E-state index < -0.39 is 11.7 Å². The number of halogens is 2. The largest absolute Gasteiger partial charge is 0.445 e. The molecule has 1 aliphatic heterocycles. The molecule has 1 unspecified atom stereocenters. The number of fused-ring (bicyclic) bond motifs is 1. The molecule has 1 aliphatic rings. The lowest BCUT2D eigenvalue weighted by atomic mass is 9.93. The highest BCUT2D eigenvalue weighted by molar-refractivity contribution is 5.98. The lowest BCUT2D eigenvalue weighted by Crippen LogP contribution is -2.32. The second-order valence-electron chi connectivity index (χ2n) is 10.6. The zero-order chi connectivity index (χ0) is 29.0. The van der Waals surface area contributed by atoms with Crippen LogP contribution >= 0.6 is 0 Å². The molecule has 0 bridgehead atoms. The van der Waals surface area contributed by atoms with Crippen LogP contribution in [0.3, 0.4) is 0 Å². The number of hydrogen-bond donors (Lipinski definition) is 1. The van der Waals surface area contributed by atoms with Crippen LogP contribution in [0.5, 0.6) is 0 Å². The smallest absolute Gasteiger partial charge is 0.417 e. The lowest BCUT2D eigenvalue weighted by molar-refractivity contribution is 0.0175. The molecule has 1 amide bonds. The molecule has 4 aromatic rings. The number of ether oxygens (including phenoxy) is 1. The van der Waals surface area contributed by atoms with Gasteiger partial charge in [-0.2, -0.15) is 0 Å². The van der Waals surface area contributed by atoms with Crippen LogP contribution in [0, 0.1) is 5.92 Å². The number of benzene rings is 3. The summed E-state index contributed by atoms with van der Waals surface area (Å²) in [6.07, 6.45) is 3.21. The summed E-state index contributed by atoms with van der Waals surface area (Å²) in [5, 5.41) is 0. The first-order valence-electron chi connectivity index (χ1n) is 13.8. The molecule has 3 aromatic carbocycles. The van der Waals surface area contributed by atoms with Crippen LogP contribution in [0.4, 0.5) is 13.6 Å². The van der Waals surface area contributed by atoms with Gasteiger partial charge in [-0.05, 0) is 66.5 Å². The topological polar surface area (TPSA) is 92.6 Å². The van der Waals surface area contributed by atoms with Crippen LogP contribution in [0.25, 0.3) is 22.2 Å². The van der Waals surface area contributed by atoms with Gasteiger partial charge < -0.3 is 14.1 Å². The van der Waals surface area contributed by atoms with Gasteiger partial charge in [-0.15, -0.1) is 0 Å². The highest BCUT2D eigenvalue weighted by atomic mass is 19.3. The summed E-state index contributed by atoms with van der Waals surface area (Å²) in [7, 11) is 0. The molecule has 1 aromatic heterocycles. The van der Waals surface area contributed by atoms with Crippen molar-refractivity contribution >= 4 is 23.0 Å². The number of likely N-dealkylation sites (tertiary alicyclic amines) is 1. The van der Waals surface area contributed by atoms with Crippen LogP contribution in [0.15, 0.2) is 75.9 Å². The van der Waals surface area contributed by atoms with E-state index in [0.29, 0.717) is 48.5 Å². The predicted octanol–water partition coefficient (Wildman–Crippen LogP) is 7.30. The number of H-pyrrole nitrogens is 1. The normalized spacial score (nSPS) is 16.0. The molecular weight excluding hydrogens is 530 g/mol. The number of oxazole rings is 1. The quantitative estimate of drug-likeness (QED) is 0.228. The summed E-state index contributed by atoms with van der Waals surface area (Å²) in [6.45, 7) is 2.07. The number of Topliss-reactive ketones (excluding diaryl/α,β-unsaturated/α-hetero) is 1. The van der Waals surface area contributed by atoms with E-state index in [9.17, 15) is 23.2 Å². The summed E-state index contributed by atoms with van der Waals surface area (Å²) < 4.78 is 38.0. The minimum absolute atomic E-state index is 0.00651. The maximum atomic E-state index is 13.6. The number of ketones is 1. The highest BCUT2D eigenvalue weighted by Crippen LogP contribution is 2.31. The molecular formula is C32H32F2N2O5. The molecule has 1 atom stereocenters. The number of aromatic amines is 1. The van der Waals surface area contributed by atoms with E-state index in [1.54, 1.807) is 35.2 Å². The van der Waals surface area contributed by atoms with Gasteiger partial charge in [0.2, 0.25) is 0 Å². The SMILES string of the molecule is CC(F)(F)c1ccc(-c2ccccc2COC(=O)N2CCCC(CCC(=O)c3ccc4[nH]c(=O)oc4c3)CC2)cc1. The van der Waals surface area contributed by atoms with E-state index in [4.69, 9.17) is 9.15 Å². The van der Waals surface area contributed by atoms with Gasteiger partial charge in [0.25, 0.3) is 5.92 Å². The fourth-order valence-electron chi connectivity index (χ4n) is 5.34. The van der Waals surface area contributed by atoms with Gasteiger partial charge in [0.05, 0.1) is 5.52 Å². The Bertz CT molecular complexity index is 1590. The molecule has 41 heavy (non-hydrogen) atoms. The number of nitrogens with zero attached hydrogens (tertiary/aromatic N) is 1. The Kier molecular flexibility index (Phi) is 8.33. The molecule has 5 rings (SSSR count). The van der Waals surface area contributed by atoms with Gasteiger partial charge >= 0.3 is 11.8 Å². The van der Waals surface area contributed by atoms with Crippen molar-refractivity contribution < 1.29 is 27.5 Å². The Morgan fingerprint density at radius 2 is 1.83 bits per heavy atom. The molecule has 0 radical (unpaired) electrons. The van der Waals surface area contributed by atoms with Gasteiger partial charge in [0.15, 0.2) is 11.4 Å². The number of aromatic nitrogens is 1. The summed E-state index contributed by atoms with van der Waals surface area (Å²) in [5.74, 6) is -3.16. The number of amides is 1. The molecule has 1 N–H and O–H groups in total. The number of carbonyl (C=O) groups excluding carboxylic acids is 2. The maximum Gasteiger partial charge on any atom is 0.417 e. The first-order valence-corrected chi connectivity index (χ1v) is 13.8. The summed E-state index contributed by atoms with van der Waals surface area (Å²) in [6, 6.07) is 18.6. The van der Waals surface area contributed by atoms with Crippen LogP contribution in [0.2, 0.25) is 0 Å². The average Bonchev–Trinajstić information content (AvgIpc) is 3.17. The molecule has 7 nitrogen and oxygen atoms in total. The number of carbonyl (C=O) groups is 2. The Labute approximate surface area is 236 Å². The fourth-order valence-corrected chi connectivity index (χ4v) is 5.34. The third-order valence-electron chi connectivity index (χ3n) is 7.70. The summed E-state index contributed by atoms with van der Waals surface area (Å²) in [5.41, 5.74) is 3.77. The Morgan fingerprint density at radius 1 is 1.05 bits per heavy atom. The van der Waals surface area contributed by atoms with E-state index in [0.717, 1.165) is 42.9 Å². The van der Waals surface area contributed by atoms with E-state index >= 15 is 0 Å². The van der Waals surface area contributed by atoms with Crippen LogP contribution in [0.1, 0.15) is 60.5 Å². The molecule has 1 saturated heterocycles. The first kappa shape index (κ1) is 28.3. The van der Waals surface area contributed by atoms with Gasteiger partial charge in [0, 0.05) is 37.6 Å². The Balaban J connectivity index is 1.13. The van der Waals surface area contributed by atoms with E-state index in [1.807, 2.05) is 24.3 Å². The van der Waals surface area contributed by atoms with Crippen molar-refractivity contribution in [1.29, 1.82) is 0 Å². The van der Waals surface area contributed by atoms with Gasteiger partial charge in [-0.25, -0.2) is 18.4 Å². The van der Waals surface area contributed by atoms with Crippen molar-refractivity contribution in [2.75, 3.05) is 13.1 Å². The second-order valence-corrected chi connectivity index (χ2v) is 10.6. The summed E-state index contributed by atoms with van der Waals surface area (Å²) >= 11 is 0. The van der Waals surface area contributed by atoms with E-state index in [1.165, 1.54) is 12.1 Å². The number of hydrogen-bond acceptors (Lipinski definition) is 5. The molecule has 2 heterocycles. The van der Waals surface area contributed by atoms with Crippen molar-refractivity contribution in [3.05, 3.63) is 94.0 Å². The molecule has 0 aliphatic carbocycles. The number of nitrogens with one attached hydrogen (secondary N) is 1. The third-order valence-corrected chi connectivity index (χ3v) is 7.70. The molecule has 0 saturated carbocycles. The minimum atomic E-state index is -2.91. The third kappa shape index (κ3) is 6.90. The molecule has 0 spiro atoms. The van der Waals surface area contributed by atoms with Crippen LogP contribution in [-0.2, 0) is 17.3 Å². The lowest BCUT2D eigenvalue weighted by Gasteiger charge is -2.21. The van der Waals surface area contributed by atoms with Crippen molar-refractivity contribution in [3.63, 3.8) is 0 Å². The zero-order valence-electron chi connectivity index (χ0n) is 22.8. The standard InChI is InChI=1S/C32H32F2N2O5/c1-32(33,34)25-12-9-22(10-13-25)26-7-3-2-6-24(26)20-40-31(39)36-17-4-5-21(16-18-36)8-15-28(37)23-11-14-27-29(19-23)41-30(38)35-27/h2-3,6-7,9-14,19,21H,4-5,8,15-18,20H2,1H3,(H,35,38). The van der Waals surface area contributed by atoms with Crippen molar-refractivity contribution in [1.82, 2.24) is 9.88 Å².